The van der Waals surface area contributed by atoms with Crippen molar-refractivity contribution >= 4 is 0 Å². The number of hydrogen-bond donors (Lipinski definition) is 2. The van der Waals surface area contributed by atoms with Gasteiger partial charge >= 0.3 is 5.69 Å². The zero-order chi connectivity index (χ0) is 30.0. The van der Waals surface area contributed by atoms with E-state index in [1.807, 2.05) is 54.6 Å². The molecule has 9 nitrogen and oxygen atoms in total. The molecule has 208 valence electrons. The van der Waals surface area contributed by atoms with Crippen molar-refractivity contribution in [2.75, 3.05) is 20.8 Å². The highest BCUT2D eigenvalue weighted by molar-refractivity contribution is 5.49. The summed E-state index contributed by atoms with van der Waals surface area (Å²) in [5.74, 6) is 1.27. The molecule has 0 saturated carbocycles. The second-order valence-corrected chi connectivity index (χ2v) is 9.41. The minimum Gasteiger partial charge on any atom is -0.497 e. The summed E-state index contributed by atoms with van der Waals surface area (Å²) in [5.41, 5.74) is -0.400. The monoisotopic (exact) mass is 551 g/mol. The molecule has 1 aromatic heterocycles. The molecule has 2 heterocycles. The molecule has 0 aliphatic carbocycles. The van der Waals surface area contributed by atoms with Crippen LogP contribution in [0, 0.1) is 6.92 Å². The highest BCUT2D eigenvalue weighted by Gasteiger charge is 2.42. The fraction of sp³-hybridized carbons (Fsp3) is 0.290. The zero-order valence-corrected chi connectivity index (χ0v) is 22.3. The van der Waals surface area contributed by atoms with Crippen LogP contribution in [0.1, 0.15) is 37.6 Å². The van der Waals surface area contributed by atoms with Crippen LogP contribution in [0.25, 0.3) is 0 Å². The Kier molecular flexibility index (Phi) is 7.15. The van der Waals surface area contributed by atoms with Crippen molar-refractivity contribution in [3.8, 4) is 11.5 Å². The highest BCUT2D eigenvalue weighted by atomic mass is 16.7. The number of nitrogens with zero attached hydrogens (tertiary/aromatic N) is 1. The Labute approximate surface area is 234 Å². The van der Waals surface area contributed by atoms with E-state index in [4.69, 9.17) is 21.7 Å². The fourth-order valence-corrected chi connectivity index (χ4v) is 4.81. The summed E-state index contributed by atoms with van der Waals surface area (Å²) in [4.78, 5) is 26.6. The number of H-pyrrole nitrogens is 1. The van der Waals surface area contributed by atoms with Gasteiger partial charge in [0.05, 0.1) is 28.3 Å². The molecule has 0 bridgehead atoms. The lowest BCUT2D eigenvalue weighted by atomic mass is 9.80. The van der Waals surface area contributed by atoms with Gasteiger partial charge in [-0.3, -0.25) is 14.3 Å². The number of hydrogen-bond acceptors (Lipinski definition) is 7. The quantitative estimate of drug-likeness (QED) is 0.242. The first-order valence-corrected chi connectivity index (χ1v) is 12.7. The van der Waals surface area contributed by atoms with Crippen molar-refractivity contribution in [2.24, 2.45) is 0 Å². The van der Waals surface area contributed by atoms with Crippen LogP contribution in [-0.4, -0.2) is 47.7 Å². The maximum absolute atomic E-state index is 12.6. The van der Waals surface area contributed by atoms with Crippen LogP contribution in [0.4, 0.5) is 0 Å². The smallest absolute Gasteiger partial charge is 0.330 e. The van der Waals surface area contributed by atoms with E-state index in [1.54, 1.807) is 38.5 Å². The third-order valence-electron chi connectivity index (χ3n) is 6.97. The minimum absolute atomic E-state index is 0.240. The molecule has 1 unspecified atom stereocenters. The molecule has 3 aromatic carbocycles. The number of ether oxygens (including phenoxy) is 4. The fourth-order valence-electron chi connectivity index (χ4n) is 4.81. The van der Waals surface area contributed by atoms with Crippen LogP contribution in [0.3, 0.4) is 0 Å². The van der Waals surface area contributed by atoms with Gasteiger partial charge in [0.25, 0.3) is 5.56 Å². The SMILES string of the molecule is [2H][13CH](OC(c1ccccc1)(c1ccc(OC)cc1)c1ccc(OC)cc1)[13C@H]1O[13C@@H](n2cc(C)c(=O)[nH]c2=O)[13C@H]([2H])[13C@@H]1O. The lowest BCUT2D eigenvalue weighted by Crippen LogP contribution is -2.38. The summed E-state index contributed by atoms with van der Waals surface area (Å²) in [5, 5.41) is 11.1. The number of aliphatic hydroxyl groups excluding tert-OH is 1. The Morgan fingerprint density at radius 1 is 0.975 bits per heavy atom. The van der Waals surface area contributed by atoms with Crippen molar-refractivity contribution < 1.29 is 26.8 Å². The highest BCUT2D eigenvalue weighted by Crippen LogP contribution is 2.42. The van der Waals surface area contributed by atoms with Gasteiger partial charge in [-0.15, -0.1) is 0 Å². The van der Waals surface area contributed by atoms with Crippen LogP contribution < -0.4 is 20.7 Å². The Morgan fingerprint density at radius 2 is 1.52 bits per heavy atom. The van der Waals surface area contributed by atoms with Crippen LogP contribution in [-0.2, 0) is 15.1 Å². The summed E-state index contributed by atoms with van der Waals surface area (Å²) in [6.45, 7) is -0.00733. The summed E-state index contributed by atoms with van der Waals surface area (Å²) < 4.78 is 42.2. The van der Waals surface area contributed by atoms with E-state index in [0.29, 0.717) is 28.2 Å². The van der Waals surface area contributed by atoms with Crippen molar-refractivity contribution in [1.29, 1.82) is 0 Å². The van der Waals surface area contributed by atoms with E-state index < -0.39 is 48.3 Å². The van der Waals surface area contributed by atoms with Crippen molar-refractivity contribution in [3.63, 3.8) is 0 Å². The van der Waals surface area contributed by atoms with Gasteiger partial charge in [0.1, 0.15) is 29.4 Å². The van der Waals surface area contributed by atoms with Gasteiger partial charge in [-0.25, -0.2) is 4.79 Å². The predicted molar refractivity (Wildman–Crippen MR) is 149 cm³/mol. The molecule has 40 heavy (non-hydrogen) atoms. The first-order chi connectivity index (χ1) is 20.2. The van der Waals surface area contributed by atoms with Gasteiger partial charge in [-0.1, -0.05) is 54.6 Å². The predicted octanol–water partition coefficient (Wildman–Crippen LogP) is 3.52. The first kappa shape index (κ1) is 24.8. The van der Waals surface area contributed by atoms with E-state index in [9.17, 15) is 14.7 Å². The van der Waals surface area contributed by atoms with Crippen molar-refractivity contribution in [3.05, 3.63) is 128 Å². The van der Waals surface area contributed by atoms with Crippen LogP contribution in [0.5, 0.6) is 11.5 Å². The number of aryl methyl sites for hydroxylation is 1. The number of aromatic nitrogens is 2. The molecule has 4 aromatic rings. The van der Waals surface area contributed by atoms with Gasteiger partial charge in [-0.2, -0.15) is 0 Å². The van der Waals surface area contributed by atoms with Gasteiger partial charge in [0, 0.05) is 19.5 Å². The largest absolute Gasteiger partial charge is 0.497 e. The van der Waals surface area contributed by atoms with E-state index in [-0.39, 0.29) is 5.56 Å². The summed E-state index contributed by atoms with van der Waals surface area (Å²) >= 11 is 0. The van der Waals surface area contributed by atoms with Crippen LogP contribution >= 0.6 is 0 Å². The lowest BCUT2D eigenvalue weighted by Gasteiger charge is -2.37. The summed E-state index contributed by atoms with van der Waals surface area (Å²) in [6, 6.07) is 23.9. The molecule has 9 heteroatoms. The maximum atomic E-state index is 12.6. The number of rotatable bonds is 9. The van der Waals surface area contributed by atoms with Crippen molar-refractivity contribution in [1.82, 2.24) is 9.55 Å². The zero-order valence-electron chi connectivity index (χ0n) is 24.3. The topological polar surface area (TPSA) is 112 Å². The van der Waals surface area contributed by atoms with Crippen molar-refractivity contribution in [2.45, 2.75) is 37.4 Å². The normalized spacial score (nSPS) is 22.3. The number of benzene rings is 3. The molecule has 0 amide bonds. The lowest BCUT2D eigenvalue weighted by molar-refractivity contribution is -0.0944. The second-order valence-electron chi connectivity index (χ2n) is 9.41. The average molecular weight is 552 g/mol. The van der Waals surface area contributed by atoms with E-state index in [0.717, 1.165) is 4.57 Å². The second kappa shape index (κ2) is 11.5. The Hall–Kier alpha value is -4.18. The first-order valence-electron chi connectivity index (χ1n) is 13.9. The minimum atomic E-state index is -1.53. The van der Waals surface area contributed by atoms with Crippen LogP contribution in [0.15, 0.2) is 94.6 Å². The molecule has 5 rings (SSSR count). The molecule has 5 atom stereocenters. The molecule has 0 radical (unpaired) electrons. The Bertz CT molecular complexity index is 1580. The molecule has 2 N–H and O–H groups in total. The number of methoxy groups -OCH3 is 2. The van der Waals surface area contributed by atoms with Gasteiger partial charge < -0.3 is 24.1 Å². The number of nitrogens with one attached hydrogen (secondary N) is 1. The average Bonchev–Trinajstić information content (AvgIpc) is 3.31. The third kappa shape index (κ3) is 5.19. The molecule has 1 aliphatic rings. The molecule has 1 saturated heterocycles. The van der Waals surface area contributed by atoms with Gasteiger partial charge in [0.2, 0.25) is 0 Å². The third-order valence-corrected chi connectivity index (χ3v) is 6.97. The molecule has 0 spiro atoms. The summed E-state index contributed by atoms with van der Waals surface area (Å²) in [7, 11) is 3.14. The molecule has 1 fully saturated rings. The van der Waals surface area contributed by atoms with Gasteiger partial charge in [0.15, 0.2) is 0 Å². The summed E-state index contributed by atoms with van der Waals surface area (Å²) in [6.07, 6.45) is -4.08. The standard InChI is InChI=1S/C31H32N2O7/c1-20-18-33(30(36)32-29(20)35)28-17-26(34)27(40-28)19-39-31(21-7-5-4-6-8-21,22-9-13-24(37-2)14-10-22)23-11-15-25(38-3)16-12-23/h4-16,18,26-28,34H,17,19H2,1-3H3,(H,32,35,36)/t26-,27+,28+/m0/s1/i17+1D,19+1D,26+1,27+1,28+1/t17-,19?,26+,27-,28-/m1. The molecular weight excluding hydrogens is 517 g/mol. The van der Waals surface area contributed by atoms with E-state index in [1.165, 1.54) is 13.1 Å². The Balaban J connectivity index is 1.60. The number of aromatic amines is 1. The number of aliphatic hydroxyl groups is 1. The maximum Gasteiger partial charge on any atom is 0.330 e. The van der Waals surface area contributed by atoms with Crippen LogP contribution in [0.2, 0.25) is 0 Å². The molecule has 1 aliphatic heterocycles. The van der Waals surface area contributed by atoms with Gasteiger partial charge in [-0.05, 0) is 47.9 Å². The van der Waals surface area contributed by atoms with E-state index >= 15 is 0 Å². The Morgan fingerprint density at radius 3 is 2.08 bits per heavy atom. The molecular formula is C31H32N2O7. The van der Waals surface area contributed by atoms with E-state index in [2.05, 4.69) is 4.98 Å².